The van der Waals surface area contributed by atoms with Gasteiger partial charge in [-0.15, -0.1) is 0 Å². The number of hydrogen-bond donors (Lipinski definition) is 2. The SMILES string of the molecule is Nc1ncc(-c2cc[c]cc2)nc1-c1ccc2c(c1)CCNC2=O. The molecule has 0 saturated heterocycles. The van der Waals surface area contributed by atoms with Gasteiger partial charge in [0.25, 0.3) is 5.91 Å². The van der Waals surface area contributed by atoms with Crippen molar-refractivity contribution in [3.8, 4) is 22.5 Å². The number of amides is 1. The van der Waals surface area contributed by atoms with Crippen LogP contribution in [0.4, 0.5) is 5.82 Å². The third-order valence-corrected chi connectivity index (χ3v) is 4.12. The normalized spacial score (nSPS) is 13.2. The summed E-state index contributed by atoms with van der Waals surface area (Å²) in [5, 5.41) is 2.84. The summed E-state index contributed by atoms with van der Waals surface area (Å²) in [5.41, 5.74) is 11.0. The van der Waals surface area contributed by atoms with E-state index < -0.39 is 0 Å². The Labute approximate surface area is 139 Å². The van der Waals surface area contributed by atoms with Crippen molar-refractivity contribution in [3.63, 3.8) is 0 Å². The zero-order valence-corrected chi connectivity index (χ0v) is 12.9. The molecule has 0 fully saturated rings. The minimum Gasteiger partial charge on any atom is -0.382 e. The number of nitrogen functional groups attached to an aromatic ring is 1. The summed E-state index contributed by atoms with van der Waals surface area (Å²) < 4.78 is 0. The lowest BCUT2D eigenvalue weighted by Crippen LogP contribution is -2.31. The molecule has 117 valence electrons. The fourth-order valence-electron chi connectivity index (χ4n) is 2.88. The van der Waals surface area contributed by atoms with Gasteiger partial charge in [0, 0.05) is 23.2 Å². The summed E-state index contributed by atoms with van der Waals surface area (Å²) in [6.45, 7) is 0.650. The molecule has 3 N–H and O–H groups in total. The van der Waals surface area contributed by atoms with Crippen LogP contribution in [0, 0.1) is 6.07 Å². The van der Waals surface area contributed by atoms with Crippen LogP contribution in [0.1, 0.15) is 15.9 Å². The molecule has 0 atom stereocenters. The van der Waals surface area contributed by atoms with Gasteiger partial charge in [-0.2, -0.15) is 0 Å². The molecular weight excluding hydrogens is 300 g/mol. The Morgan fingerprint density at radius 1 is 1.12 bits per heavy atom. The molecule has 0 aliphatic carbocycles. The molecule has 0 unspecified atom stereocenters. The molecule has 1 aromatic heterocycles. The maximum absolute atomic E-state index is 11.9. The van der Waals surface area contributed by atoms with Gasteiger partial charge in [0.2, 0.25) is 0 Å². The second-order valence-electron chi connectivity index (χ2n) is 5.66. The van der Waals surface area contributed by atoms with E-state index in [2.05, 4.69) is 21.4 Å². The summed E-state index contributed by atoms with van der Waals surface area (Å²) in [5.74, 6) is 0.345. The van der Waals surface area contributed by atoms with E-state index in [1.807, 2.05) is 42.5 Å². The van der Waals surface area contributed by atoms with E-state index in [1.54, 1.807) is 6.20 Å². The van der Waals surface area contributed by atoms with Crippen LogP contribution in [0.3, 0.4) is 0 Å². The molecule has 5 heteroatoms. The first kappa shape index (κ1) is 14.4. The van der Waals surface area contributed by atoms with Gasteiger partial charge in [-0.3, -0.25) is 4.79 Å². The number of fused-ring (bicyclic) bond motifs is 1. The van der Waals surface area contributed by atoms with Crippen LogP contribution < -0.4 is 11.1 Å². The van der Waals surface area contributed by atoms with Crippen molar-refractivity contribution in [3.05, 3.63) is 65.9 Å². The van der Waals surface area contributed by atoms with Crippen molar-refractivity contribution in [2.24, 2.45) is 0 Å². The van der Waals surface area contributed by atoms with Crippen LogP contribution >= 0.6 is 0 Å². The fourth-order valence-corrected chi connectivity index (χ4v) is 2.88. The lowest BCUT2D eigenvalue weighted by Gasteiger charge is -2.17. The van der Waals surface area contributed by atoms with Crippen molar-refractivity contribution < 1.29 is 4.79 Å². The van der Waals surface area contributed by atoms with Gasteiger partial charge >= 0.3 is 0 Å². The largest absolute Gasteiger partial charge is 0.382 e. The number of rotatable bonds is 2. The summed E-state index contributed by atoms with van der Waals surface area (Å²) in [6, 6.07) is 16.2. The summed E-state index contributed by atoms with van der Waals surface area (Å²) in [7, 11) is 0. The van der Waals surface area contributed by atoms with E-state index in [-0.39, 0.29) is 5.91 Å². The Morgan fingerprint density at radius 2 is 1.96 bits per heavy atom. The molecule has 0 spiro atoms. The number of carbonyl (C=O) groups is 1. The highest BCUT2D eigenvalue weighted by Gasteiger charge is 2.18. The van der Waals surface area contributed by atoms with Crippen molar-refractivity contribution in [1.29, 1.82) is 0 Å². The van der Waals surface area contributed by atoms with Gasteiger partial charge in [0.1, 0.15) is 11.5 Å². The number of anilines is 1. The number of nitrogens with two attached hydrogens (primary N) is 1. The van der Waals surface area contributed by atoms with Crippen LogP contribution in [-0.2, 0) is 6.42 Å². The van der Waals surface area contributed by atoms with Gasteiger partial charge < -0.3 is 11.1 Å². The maximum Gasteiger partial charge on any atom is 0.251 e. The highest BCUT2D eigenvalue weighted by molar-refractivity contribution is 5.97. The van der Waals surface area contributed by atoms with Crippen molar-refractivity contribution >= 4 is 11.7 Å². The molecule has 1 radical (unpaired) electrons. The monoisotopic (exact) mass is 315 g/mol. The van der Waals surface area contributed by atoms with Crippen LogP contribution in [0.25, 0.3) is 22.5 Å². The average molecular weight is 315 g/mol. The third-order valence-electron chi connectivity index (χ3n) is 4.12. The first-order valence-corrected chi connectivity index (χ1v) is 7.73. The zero-order valence-electron chi connectivity index (χ0n) is 12.9. The molecule has 1 aliphatic heterocycles. The Hall–Kier alpha value is -3.21. The molecule has 24 heavy (non-hydrogen) atoms. The standard InChI is InChI=1S/C19H15N4O/c20-18-17(23-16(11-22-18)12-4-2-1-3-5-12)14-6-7-15-13(10-14)8-9-21-19(15)24/h2-7,10-11H,8-9H2,(H2,20,22)(H,21,24). The number of nitrogens with zero attached hydrogens (tertiary/aromatic N) is 2. The van der Waals surface area contributed by atoms with Crippen molar-refractivity contribution in [1.82, 2.24) is 15.3 Å². The van der Waals surface area contributed by atoms with E-state index in [1.165, 1.54) is 0 Å². The van der Waals surface area contributed by atoms with E-state index in [0.29, 0.717) is 23.6 Å². The van der Waals surface area contributed by atoms with E-state index in [4.69, 9.17) is 5.73 Å². The first-order chi connectivity index (χ1) is 11.7. The first-order valence-electron chi connectivity index (χ1n) is 7.73. The molecular formula is C19H15N4O. The number of hydrogen-bond acceptors (Lipinski definition) is 4. The predicted molar refractivity (Wildman–Crippen MR) is 92.2 cm³/mol. The van der Waals surface area contributed by atoms with E-state index >= 15 is 0 Å². The predicted octanol–water partition coefficient (Wildman–Crippen LogP) is 2.48. The molecule has 3 aromatic rings. The van der Waals surface area contributed by atoms with Gasteiger partial charge in [-0.1, -0.05) is 30.3 Å². The van der Waals surface area contributed by atoms with Gasteiger partial charge in [-0.05, 0) is 30.2 Å². The minimum atomic E-state index is -0.0313. The fraction of sp³-hybridized carbons (Fsp3) is 0.105. The molecule has 5 nitrogen and oxygen atoms in total. The zero-order chi connectivity index (χ0) is 16.5. The molecule has 0 saturated carbocycles. The Balaban J connectivity index is 1.81. The second-order valence-corrected chi connectivity index (χ2v) is 5.66. The molecule has 1 amide bonds. The van der Waals surface area contributed by atoms with Gasteiger partial charge in [0.15, 0.2) is 0 Å². The molecule has 2 heterocycles. The Bertz CT molecular complexity index is 922. The number of aromatic nitrogens is 2. The number of carbonyl (C=O) groups excluding carboxylic acids is 1. The van der Waals surface area contributed by atoms with E-state index in [9.17, 15) is 4.79 Å². The summed E-state index contributed by atoms with van der Waals surface area (Å²) in [6.07, 6.45) is 2.47. The lowest BCUT2D eigenvalue weighted by molar-refractivity contribution is 0.0946. The quantitative estimate of drug-likeness (QED) is 0.761. The third kappa shape index (κ3) is 2.50. The lowest BCUT2D eigenvalue weighted by atomic mass is 9.96. The summed E-state index contributed by atoms with van der Waals surface area (Å²) in [4.78, 5) is 20.8. The highest BCUT2D eigenvalue weighted by atomic mass is 16.1. The van der Waals surface area contributed by atoms with Crippen molar-refractivity contribution in [2.75, 3.05) is 12.3 Å². The molecule has 4 rings (SSSR count). The van der Waals surface area contributed by atoms with Crippen LogP contribution in [0.5, 0.6) is 0 Å². The molecule has 0 bridgehead atoms. The average Bonchev–Trinajstić information content (AvgIpc) is 2.63. The van der Waals surface area contributed by atoms with Crippen molar-refractivity contribution in [2.45, 2.75) is 6.42 Å². The number of benzene rings is 2. The number of nitrogens with one attached hydrogen (secondary N) is 1. The topological polar surface area (TPSA) is 80.9 Å². The van der Waals surface area contributed by atoms with E-state index in [0.717, 1.165) is 28.8 Å². The van der Waals surface area contributed by atoms with Gasteiger partial charge in [0.05, 0.1) is 11.9 Å². The van der Waals surface area contributed by atoms with Crippen LogP contribution in [0.15, 0.2) is 48.7 Å². The van der Waals surface area contributed by atoms with Gasteiger partial charge in [-0.25, -0.2) is 9.97 Å². The molecule has 2 aromatic carbocycles. The Morgan fingerprint density at radius 3 is 2.79 bits per heavy atom. The minimum absolute atomic E-state index is 0.0313. The smallest absolute Gasteiger partial charge is 0.251 e. The van der Waals surface area contributed by atoms with Crippen LogP contribution in [-0.4, -0.2) is 22.4 Å². The highest BCUT2D eigenvalue weighted by Crippen LogP contribution is 2.28. The maximum atomic E-state index is 11.9. The van der Waals surface area contributed by atoms with Crippen LogP contribution in [0.2, 0.25) is 0 Å². The molecule has 1 aliphatic rings. The Kier molecular flexibility index (Phi) is 3.46. The second kappa shape index (κ2) is 5.77. The summed E-state index contributed by atoms with van der Waals surface area (Å²) >= 11 is 0.